The number of nitrogens with zero attached hydrogens (tertiary/aromatic N) is 2. The van der Waals surface area contributed by atoms with Gasteiger partial charge in [-0.15, -0.1) is 0 Å². The lowest BCUT2D eigenvalue weighted by atomic mass is 9.72. The fraction of sp³-hybridized carbons (Fsp3) is 0.667. The van der Waals surface area contributed by atoms with E-state index in [0.29, 0.717) is 0 Å². The molecule has 0 aliphatic carbocycles. The standard InChI is InChI=1S/C27H40N2O2/c1-4-20-18-29-14-12-21(20)16-26(29)27(30)23-11-13-28-25-10-9-22(17-24(23)25)31-15-7-5-6-8-19(2)3/h9-11,13,17,19-21,26-27,30H,4-8,12,14-16,18H2,1-3H3/t20-,21-,26+,27+/m0/s1. The minimum atomic E-state index is -0.475. The molecule has 0 radical (unpaired) electrons. The number of aliphatic hydroxyl groups is 1. The summed E-state index contributed by atoms with van der Waals surface area (Å²) < 4.78 is 6.06. The molecule has 3 aliphatic heterocycles. The van der Waals surface area contributed by atoms with Crippen molar-refractivity contribution in [3.05, 3.63) is 36.0 Å². The van der Waals surface area contributed by atoms with E-state index in [1.54, 1.807) is 0 Å². The Bertz CT molecular complexity index is 852. The highest BCUT2D eigenvalue weighted by molar-refractivity contribution is 5.84. The average molecular weight is 425 g/mol. The minimum Gasteiger partial charge on any atom is -0.494 e. The molecule has 5 rings (SSSR count). The van der Waals surface area contributed by atoms with Crippen LogP contribution in [0.1, 0.15) is 77.4 Å². The fourth-order valence-electron chi connectivity index (χ4n) is 5.69. The van der Waals surface area contributed by atoms with Crippen molar-refractivity contribution >= 4 is 10.9 Å². The first-order chi connectivity index (χ1) is 15.1. The van der Waals surface area contributed by atoms with Gasteiger partial charge in [0.15, 0.2) is 0 Å². The molecule has 4 heterocycles. The summed E-state index contributed by atoms with van der Waals surface area (Å²) in [7, 11) is 0. The summed E-state index contributed by atoms with van der Waals surface area (Å²) in [6.07, 6.45) is 9.88. The third kappa shape index (κ3) is 5.23. The summed E-state index contributed by atoms with van der Waals surface area (Å²) in [5.74, 6) is 3.22. The van der Waals surface area contributed by atoms with Crippen LogP contribution in [-0.2, 0) is 0 Å². The Morgan fingerprint density at radius 3 is 2.81 bits per heavy atom. The molecule has 1 unspecified atom stereocenters. The van der Waals surface area contributed by atoms with E-state index in [-0.39, 0.29) is 6.04 Å². The summed E-state index contributed by atoms with van der Waals surface area (Å²) in [5.41, 5.74) is 1.93. The molecule has 0 amide bonds. The number of ether oxygens (including phenoxy) is 1. The molecule has 1 N–H and O–H groups in total. The van der Waals surface area contributed by atoms with Crippen LogP contribution in [0.25, 0.3) is 10.9 Å². The van der Waals surface area contributed by atoms with Gasteiger partial charge in [0.2, 0.25) is 0 Å². The fourth-order valence-corrected chi connectivity index (χ4v) is 5.69. The normalized spacial score (nSPS) is 26.5. The van der Waals surface area contributed by atoms with Gasteiger partial charge in [0.25, 0.3) is 0 Å². The lowest BCUT2D eigenvalue weighted by Gasteiger charge is -2.51. The van der Waals surface area contributed by atoms with Crippen LogP contribution < -0.4 is 4.74 Å². The molecule has 1 aromatic heterocycles. The van der Waals surface area contributed by atoms with Crippen molar-refractivity contribution in [2.75, 3.05) is 19.7 Å². The van der Waals surface area contributed by atoms with E-state index in [1.165, 1.54) is 32.1 Å². The van der Waals surface area contributed by atoms with Gasteiger partial charge in [-0.25, -0.2) is 0 Å². The summed E-state index contributed by atoms with van der Waals surface area (Å²) in [6.45, 7) is 9.87. The molecular weight excluding hydrogens is 384 g/mol. The first-order valence-corrected chi connectivity index (χ1v) is 12.5. The smallest absolute Gasteiger partial charge is 0.120 e. The monoisotopic (exact) mass is 424 g/mol. The van der Waals surface area contributed by atoms with Crippen LogP contribution in [0.15, 0.2) is 30.5 Å². The highest BCUT2D eigenvalue weighted by Gasteiger charge is 2.42. The Morgan fingerprint density at radius 1 is 1.19 bits per heavy atom. The number of rotatable bonds is 10. The Kier molecular flexibility index (Phi) is 7.50. The number of aliphatic hydroxyl groups excluding tert-OH is 1. The Hall–Kier alpha value is -1.65. The molecule has 3 aliphatic rings. The quantitative estimate of drug-likeness (QED) is 0.476. The van der Waals surface area contributed by atoms with E-state index in [2.05, 4.69) is 36.7 Å². The predicted molar refractivity (Wildman–Crippen MR) is 127 cm³/mol. The minimum absolute atomic E-state index is 0.220. The number of piperidine rings is 3. The molecular formula is C27H40N2O2. The number of unbranched alkanes of at least 4 members (excludes halogenated alkanes) is 2. The van der Waals surface area contributed by atoms with Crippen molar-refractivity contribution in [3.8, 4) is 5.75 Å². The van der Waals surface area contributed by atoms with Gasteiger partial charge in [0.05, 0.1) is 18.2 Å². The largest absolute Gasteiger partial charge is 0.494 e. The first kappa shape index (κ1) is 22.5. The number of pyridine rings is 1. The van der Waals surface area contributed by atoms with Crippen LogP contribution in [0.2, 0.25) is 0 Å². The van der Waals surface area contributed by atoms with Crippen LogP contribution in [0.3, 0.4) is 0 Å². The molecule has 2 bridgehead atoms. The van der Waals surface area contributed by atoms with Crippen LogP contribution in [0.5, 0.6) is 5.75 Å². The Morgan fingerprint density at radius 2 is 2.06 bits per heavy atom. The molecule has 0 saturated carbocycles. The van der Waals surface area contributed by atoms with Crippen LogP contribution >= 0.6 is 0 Å². The van der Waals surface area contributed by atoms with Crippen LogP contribution in [0.4, 0.5) is 0 Å². The number of hydrogen-bond donors (Lipinski definition) is 1. The topological polar surface area (TPSA) is 45.6 Å². The van der Waals surface area contributed by atoms with E-state index < -0.39 is 6.10 Å². The molecule has 0 spiro atoms. The highest BCUT2D eigenvalue weighted by atomic mass is 16.5. The third-order valence-corrected chi connectivity index (χ3v) is 7.58. The molecule has 3 saturated heterocycles. The van der Waals surface area contributed by atoms with Crippen LogP contribution in [0, 0.1) is 17.8 Å². The molecule has 4 nitrogen and oxygen atoms in total. The molecule has 4 heteroatoms. The van der Waals surface area contributed by atoms with Gasteiger partial charge in [-0.05, 0) is 73.4 Å². The second-order valence-corrected chi connectivity index (χ2v) is 10.1. The van der Waals surface area contributed by atoms with Gasteiger partial charge in [0, 0.05) is 24.2 Å². The highest BCUT2D eigenvalue weighted by Crippen LogP contribution is 2.42. The van der Waals surface area contributed by atoms with Crippen molar-refractivity contribution in [2.24, 2.45) is 17.8 Å². The van der Waals surface area contributed by atoms with Gasteiger partial charge in [-0.3, -0.25) is 9.88 Å². The number of benzene rings is 1. The zero-order valence-corrected chi connectivity index (χ0v) is 19.6. The van der Waals surface area contributed by atoms with Crippen LogP contribution in [-0.4, -0.2) is 40.7 Å². The van der Waals surface area contributed by atoms with Crippen molar-refractivity contribution < 1.29 is 9.84 Å². The molecule has 5 atom stereocenters. The molecule has 3 fully saturated rings. The summed E-state index contributed by atoms with van der Waals surface area (Å²) in [4.78, 5) is 7.07. The maximum Gasteiger partial charge on any atom is 0.120 e. The molecule has 1 aromatic carbocycles. The summed E-state index contributed by atoms with van der Waals surface area (Å²) >= 11 is 0. The van der Waals surface area contributed by atoms with Crippen molar-refractivity contribution in [2.45, 2.75) is 77.9 Å². The van der Waals surface area contributed by atoms with E-state index >= 15 is 0 Å². The lowest BCUT2D eigenvalue weighted by Crippen LogP contribution is -2.55. The van der Waals surface area contributed by atoms with Gasteiger partial charge in [-0.1, -0.05) is 46.5 Å². The second kappa shape index (κ2) is 10.3. The first-order valence-electron chi connectivity index (χ1n) is 12.5. The summed E-state index contributed by atoms with van der Waals surface area (Å²) in [6, 6.07) is 8.35. The van der Waals surface area contributed by atoms with Gasteiger partial charge in [0.1, 0.15) is 5.75 Å². The third-order valence-electron chi connectivity index (χ3n) is 7.58. The second-order valence-electron chi connectivity index (χ2n) is 10.1. The number of fused-ring (bicyclic) bond motifs is 4. The molecule has 31 heavy (non-hydrogen) atoms. The van der Waals surface area contributed by atoms with Crippen molar-refractivity contribution in [1.29, 1.82) is 0 Å². The van der Waals surface area contributed by atoms with E-state index in [0.717, 1.165) is 72.5 Å². The van der Waals surface area contributed by atoms with E-state index in [1.807, 2.05) is 24.4 Å². The summed E-state index contributed by atoms with van der Waals surface area (Å²) in [5, 5.41) is 12.5. The number of hydrogen-bond acceptors (Lipinski definition) is 4. The van der Waals surface area contributed by atoms with Crippen molar-refractivity contribution in [3.63, 3.8) is 0 Å². The van der Waals surface area contributed by atoms with Crippen molar-refractivity contribution in [1.82, 2.24) is 9.88 Å². The van der Waals surface area contributed by atoms with Gasteiger partial charge in [-0.2, -0.15) is 0 Å². The zero-order chi connectivity index (χ0) is 21.8. The van der Waals surface area contributed by atoms with Gasteiger partial charge >= 0.3 is 0 Å². The zero-order valence-electron chi connectivity index (χ0n) is 19.6. The average Bonchev–Trinajstić information content (AvgIpc) is 2.80. The lowest BCUT2D eigenvalue weighted by molar-refractivity contribution is -0.0562. The SMILES string of the molecule is CC[C@H]1CN2CC[C@H]1C[C@@H]2[C@H](O)c1ccnc2ccc(OCCCCCC(C)C)cc12. The Labute approximate surface area is 188 Å². The van der Waals surface area contributed by atoms with Gasteiger partial charge < -0.3 is 9.84 Å². The maximum absolute atomic E-state index is 11.4. The number of aromatic nitrogens is 1. The Balaban J connectivity index is 1.44. The predicted octanol–water partition coefficient (Wildman–Crippen LogP) is 5.98. The molecule has 170 valence electrons. The van der Waals surface area contributed by atoms with E-state index in [9.17, 15) is 5.11 Å². The van der Waals surface area contributed by atoms with E-state index in [4.69, 9.17) is 4.74 Å². The maximum atomic E-state index is 11.4. The molecule has 2 aromatic rings.